The van der Waals surface area contributed by atoms with Crippen molar-refractivity contribution in [3.63, 3.8) is 0 Å². The number of carbonyl (C=O) groups is 1. The molecule has 0 spiro atoms. The number of halogens is 5. The van der Waals surface area contributed by atoms with Crippen LogP contribution in [0.1, 0.15) is 29.3 Å². The molecule has 0 aromatic heterocycles. The highest BCUT2D eigenvalue weighted by Crippen LogP contribution is 2.36. The van der Waals surface area contributed by atoms with E-state index in [1.54, 1.807) is 17.0 Å². The molecule has 3 aromatic rings. The van der Waals surface area contributed by atoms with Crippen LogP contribution in [0.2, 0.25) is 15.1 Å². The SMILES string of the molecule is CC1CC(=Nc2ccc(F)cc2)c2cc(F)ccc2N1C(=O)c1cc(Cl)c(Cl)c(Cl)c1. The van der Waals surface area contributed by atoms with Crippen molar-refractivity contribution in [1.29, 1.82) is 0 Å². The molecule has 1 heterocycles. The van der Waals surface area contributed by atoms with Crippen LogP contribution in [0.4, 0.5) is 20.2 Å². The topological polar surface area (TPSA) is 32.7 Å². The van der Waals surface area contributed by atoms with Crippen LogP contribution in [0.15, 0.2) is 59.6 Å². The normalized spacial score (nSPS) is 17.0. The van der Waals surface area contributed by atoms with E-state index < -0.39 is 5.82 Å². The third-order valence-corrected chi connectivity index (χ3v) is 6.20. The number of hydrogen-bond acceptors (Lipinski definition) is 2. The lowest BCUT2D eigenvalue weighted by molar-refractivity contribution is 0.0978. The van der Waals surface area contributed by atoms with E-state index in [2.05, 4.69) is 4.99 Å². The molecule has 0 N–H and O–H groups in total. The molecule has 0 fully saturated rings. The van der Waals surface area contributed by atoms with Gasteiger partial charge in [-0.1, -0.05) is 34.8 Å². The average molecular weight is 480 g/mol. The van der Waals surface area contributed by atoms with Crippen LogP contribution in [0.3, 0.4) is 0 Å². The molecule has 1 atom stereocenters. The van der Waals surface area contributed by atoms with E-state index in [4.69, 9.17) is 34.8 Å². The van der Waals surface area contributed by atoms with Crippen LogP contribution in [-0.2, 0) is 0 Å². The van der Waals surface area contributed by atoms with Crippen LogP contribution in [0, 0.1) is 11.6 Å². The van der Waals surface area contributed by atoms with E-state index in [9.17, 15) is 13.6 Å². The van der Waals surface area contributed by atoms with Crippen molar-refractivity contribution in [2.45, 2.75) is 19.4 Å². The van der Waals surface area contributed by atoms with Crippen molar-refractivity contribution < 1.29 is 13.6 Å². The van der Waals surface area contributed by atoms with Crippen LogP contribution >= 0.6 is 34.8 Å². The number of fused-ring (bicyclic) bond motifs is 1. The van der Waals surface area contributed by atoms with Crippen molar-refractivity contribution in [3.8, 4) is 0 Å². The minimum atomic E-state index is -0.454. The standard InChI is InChI=1S/C23H15Cl3F2N2O/c1-12-8-20(29-16-5-2-14(27)3-6-16)17-11-15(28)4-7-21(17)30(12)23(31)13-9-18(24)22(26)19(25)10-13/h2-7,9-12H,8H2,1H3. The van der Waals surface area contributed by atoms with Crippen LogP contribution in [0.5, 0.6) is 0 Å². The van der Waals surface area contributed by atoms with E-state index in [0.717, 1.165) is 0 Å². The highest BCUT2D eigenvalue weighted by Gasteiger charge is 2.33. The summed E-state index contributed by atoms with van der Waals surface area (Å²) >= 11 is 18.2. The van der Waals surface area contributed by atoms with E-state index >= 15 is 0 Å². The summed E-state index contributed by atoms with van der Waals surface area (Å²) in [4.78, 5) is 19.5. The fourth-order valence-electron chi connectivity index (χ4n) is 3.57. The largest absolute Gasteiger partial charge is 0.305 e. The summed E-state index contributed by atoms with van der Waals surface area (Å²) in [7, 11) is 0. The second kappa shape index (κ2) is 8.58. The van der Waals surface area contributed by atoms with E-state index in [0.29, 0.717) is 29.1 Å². The fourth-order valence-corrected chi connectivity index (χ4v) is 4.17. The molecule has 0 saturated carbocycles. The summed E-state index contributed by atoms with van der Waals surface area (Å²) in [5, 5.41) is 0.503. The van der Waals surface area contributed by atoms with Crippen LogP contribution in [-0.4, -0.2) is 17.7 Å². The number of nitrogens with zero attached hydrogens (tertiary/aromatic N) is 2. The zero-order valence-electron chi connectivity index (χ0n) is 16.2. The Labute approximate surface area is 192 Å². The Kier molecular flexibility index (Phi) is 6.02. The maximum Gasteiger partial charge on any atom is 0.258 e. The molecule has 0 bridgehead atoms. The third-order valence-electron chi connectivity index (χ3n) is 5.00. The predicted octanol–water partition coefficient (Wildman–Crippen LogP) is 7.48. The van der Waals surface area contributed by atoms with Gasteiger partial charge >= 0.3 is 0 Å². The number of benzene rings is 3. The molecule has 1 aliphatic heterocycles. The molecule has 0 saturated heterocycles. The number of hydrogen-bond donors (Lipinski definition) is 0. The molecule has 3 nitrogen and oxygen atoms in total. The highest BCUT2D eigenvalue weighted by atomic mass is 35.5. The van der Waals surface area contributed by atoms with Crippen molar-refractivity contribution >= 4 is 57.8 Å². The zero-order valence-corrected chi connectivity index (χ0v) is 18.4. The quantitative estimate of drug-likeness (QED) is 0.351. The molecule has 0 radical (unpaired) electrons. The summed E-state index contributed by atoms with van der Waals surface area (Å²) < 4.78 is 27.3. The van der Waals surface area contributed by atoms with Crippen LogP contribution in [0.25, 0.3) is 0 Å². The average Bonchev–Trinajstić information content (AvgIpc) is 2.73. The Morgan fingerprint density at radius 1 is 0.968 bits per heavy atom. The van der Waals surface area contributed by atoms with Crippen LogP contribution < -0.4 is 4.90 Å². The Bertz CT molecular complexity index is 1190. The van der Waals surface area contributed by atoms with Gasteiger partial charge in [0.1, 0.15) is 11.6 Å². The molecular formula is C23H15Cl3F2N2O. The number of anilines is 1. The van der Waals surface area contributed by atoms with Gasteiger partial charge in [-0.3, -0.25) is 9.79 Å². The predicted molar refractivity (Wildman–Crippen MR) is 121 cm³/mol. The number of amides is 1. The van der Waals surface area contributed by atoms with Gasteiger partial charge in [0.25, 0.3) is 5.91 Å². The number of rotatable bonds is 2. The smallest absolute Gasteiger partial charge is 0.258 e. The van der Waals surface area contributed by atoms with Gasteiger partial charge in [0, 0.05) is 23.6 Å². The zero-order chi connectivity index (χ0) is 22.3. The fraction of sp³-hybridized carbons (Fsp3) is 0.130. The molecule has 8 heteroatoms. The Morgan fingerprint density at radius 2 is 1.58 bits per heavy atom. The monoisotopic (exact) mass is 478 g/mol. The van der Waals surface area contributed by atoms with Gasteiger partial charge in [0.05, 0.1) is 32.2 Å². The maximum absolute atomic E-state index is 14.1. The summed E-state index contributed by atoms with van der Waals surface area (Å²) in [6.45, 7) is 1.86. The van der Waals surface area contributed by atoms with E-state index in [1.807, 2.05) is 6.92 Å². The van der Waals surface area contributed by atoms with Crippen molar-refractivity contribution in [2.75, 3.05) is 4.90 Å². The third kappa shape index (κ3) is 4.31. The van der Waals surface area contributed by atoms with Gasteiger partial charge < -0.3 is 4.90 Å². The Morgan fingerprint density at radius 3 is 2.23 bits per heavy atom. The Hall–Kier alpha value is -2.47. The lowest BCUT2D eigenvalue weighted by atomic mass is 9.93. The highest BCUT2D eigenvalue weighted by molar-refractivity contribution is 6.48. The minimum Gasteiger partial charge on any atom is -0.305 e. The molecule has 0 aliphatic carbocycles. The van der Waals surface area contributed by atoms with Gasteiger partial charge in [-0.15, -0.1) is 0 Å². The molecule has 1 unspecified atom stereocenters. The van der Waals surface area contributed by atoms with Gasteiger partial charge in [0.2, 0.25) is 0 Å². The first kappa shape index (κ1) is 21.8. The van der Waals surface area contributed by atoms with Crippen molar-refractivity contribution in [1.82, 2.24) is 0 Å². The van der Waals surface area contributed by atoms with Gasteiger partial charge in [0.15, 0.2) is 0 Å². The lowest BCUT2D eigenvalue weighted by Gasteiger charge is -2.36. The van der Waals surface area contributed by atoms with Gasteiger partial charge in [-0.25, -0.2) is 8.78 Å². The second-order valence-corrected chi connectivity index (χ2v) is 8.37. The van der Waals surface area contributed by atoms with Crippen molar-refractivity contribution in [2.24, 2.45) is 4.99 Å². The molecule has 4 rings (SSSR count). The molecular weight excluding hydrogens is 465 g/mol. The van der Waals surface area contributed by atoms with Gasteiger partial charge in [-0.2, -0.15) is 0 Å². The van der Waals surface area contributed by atoms with E-state index in [1.165, 1.54) is 42.5 Å². The molecule has 3 aromatic carbocycles. The maximum atomic E-state index is 14.1. The first-order valence-corrected chi connectivity index (χ1v) is 10.5. The Balaban J connectivity index is 1.80. The summed E-state index contributed by atoms with van der Waals surface area (Å²) in [5.74, 6) is -1.17. The van der Waals surface area contributed by atoms with Gasteiger partial charge in [-0.05, 0) is 61.5 Å². The summed E-state index contributed by atoms with van der Waals surface area (Å²) in [5.41, 5.74) is 2.40. The lowest BCUT2D eigenvalue weighted by Crippen LogP contribution is -2.44. The number of aliphatic imine (C=N–C) groups is 1. The van der Waals surface area contributed by atoms with E-state index in [-0.39, 0.29) is 38.4 Å². The minimum absolute atomic E-state index is 0.167. The summed E-state index contributed by atoms with van der Waals surface area (Å²) in [6, 6.07) is 12.5. The first-order chi connectivity index (χ1) is 14.7. The number of carbonyl (C=O) groups excluding carboxylic acids is 1. The van der Waals surface area contributed by atoms with Crippen molar-refractivity contribution in [3.05, 3.63) is 92.4 Å². The molecule has 1 aliphatic rings. The second-order valence-electron chi connectivity index (χ2n) is 7.18. The summed E-state index contributed by atoms with van der Waals surface area (Å²) in [6.07, 6.45) is 0.370. The molecule has 1 amide bonds. The molecule has 158 valence electrons. The molecule has 31 heavy (non-hydrogen) atoms. The first-order valence-electron chi connectivity index (χ1n) is 9.35.